The second kappa shape index (κ2) is 6.47. The standard InChI is InChI=1S/C21H17BrClNO/c1-13-9-20-18(21(25)10-13)12-19(14-5-7-15(22)8-6-14)24(20)17-4-2-3-16(23)11-17/h2-8,11-13H,9-10H2,1H3/t13-/m0/s1. The average Bonchev–Trinajstić information content (AvgIpc) is 2.95. The lowest BCUT2D eigenvalue weighted by Gasteiger charge is -2.21. The number of hydrogen-bond donors (Lipinski definition) is 0. The van der Waals surface area contributed by atoms with Gasteiger partial charge in [0.05, 0.1) is 5.69 Å². The zero-order valence-electron chi connectivity index (χ0n) is 13.8. The van der Waals surface area contributed by atoms with Crippen LogP contribution < -0.4 is 0 Å². The van der Waals surface area contributed by atoms with E-state index in [1.54, 1.807) is 0 Å². The van der Waals surface area contributed by atoms with Crippen molar-refractivity contribution in [3.05, 3.63) is 75.4 Å². The maximum absolute atomic E-state index is 12.6. The topological polar surface area (TPSA) is 22.0 Å². The molecule has 0 unspecified atom stereocenters. The molecule has 0 radical (unpaired) electrons. The first-order valence-corrected chi connectivity index (χ1v) is 9.49. The average molecular weight is 415 g/mol. The fourth-order valence-corrected chi connectivity index (χ4v) is 4.01. The third-order valence-electron chi connectivity index (χ3n) is 4.69. The fourth-order valence-electron chi connectivity index (χ4n) is 3.56. The first-order chi connectivity index (χ1) is 12.0. The number of carbonyl (C=O) groups is 1. The number of benzene rings is 2. The number of hydrogen-bond acceptors (Lipinski definition) is 1. The zero-order chi connectivity index (χ0) is 17.6. The molecule has 0 saturated carbocycles. The van der Waals surface area contributed by atoms with Crippen molar-refractivity contribution >= 4 is 33.3 Å². The van der Waals surface area contributed by atoms with Crippen LogP contribution in [0.2, 0.25) is 5.02 Å². The van der Waals surface area contributed by atoms with E-state index in [-0.39, 0.29) is 5.78 Å². The van der Waals surface area contributed by atoms with Gasteiger partial charge in [-0.25, -0.2) is 0 Å². The van der Waals surface area contributed by atoms with Crippen LogP contribution in [0.15, 0.2) is 59.1 Å². The van der Waals surface area contributed by atoms with E-state index in [0.29, 0.717) is 17.4 Å². The van der Waals surface area contributed by atoms with Crippen LogP contribution >= 0.6 is 27.5 Å². The lowest BCUT2D eigenvalue weighted by Crippen LogP contribution is -2.19. The van der Waals surface area contributed by atoms with Crippen molar-refractivity contribution < 1.29 is 4.79 Å². The molecule has 1 heterocycles. The van der Waals surface area contributed by atoms with Gasteiger partial charge in [0.1, 0.15) is 0 Å². The van der Waals surface area contributed by atoms with E-state index in [2.05, 4.69) is 39.6 Å². The first kappa shape index (κ1) is 16.6. The van der Waals surface area contributed by atoms with E-state index >= 15 is 0 Å². The third kappa shape index (κ3) is 3.07. The highest BCUT2D eigenvalue weighted by Crippen LogP contribution is 2.36. The lowest BCUT2D eigenvalue weighted by atomic mass is 9.88. The molecule has 1 aliphatic carbocycles. The SMILES string of the molecule is C[C@@H]1CC(=O)c2cc(-c3ccc(Br)cc3)n(-c3cccc(Cl)c3)c2C1. The van der Waals surface area contributed by atoms with E-state index in [4.69, 9.17) is 11.6 Å². The van der Waals surface area contributed by atoms with E-state index in [1.165, 1.54) is 0 Å². The molecule has 0 amide bonds. The van der Waals surface area contributed by atoms with Gasteiger partial charge in [0.15, 0.2) is 5.78 Å². The molecule has 0 spiro atoms. The quantitative estimate of drug-likeness (QED) is 0.480. The molecular weight excluding hydrogens is 398 g/mol. The molecule has 25 heavy (non-hydrogen) atoms. The number of fused-ring (bicyclic) bond motifs is 1. The minimum Gasteiger partial charge on any atom is -0.313 e. The summed E-state index contributed by atoms with van der Waals surface area (Å²) in [5, 5.41) is 0.692. The van der Waals surface area contributed by atoms with E-state index < -0.39 is 0 Å². The van der Waals surface area contributed by atoms with Crippen molar-refractivity contribution in [1.82, 2.24) is 4.57 Å². The van der Waals surface area contributed by atoms with Crippen LogP contribution in [0.4, 0.5) is 0 Å². The minimum atomic E-state index is 0.230. The van der Waals surface area contributed by atoms with Gasteiger partial charge in [0.25, 0.3) is 0 Å². The molecule has 0 fully saturated rings. The highest BCUT2D eigenvalue weighted by Gasteiger charge is 2.28. The van der Waals surface area contributed by atoms with Gasteiger partial charge < -0.3 is 4.57 Å². The Morgan fingerprint density at radius 3 is 2.56 bits per heavy atom. The Morgan fingerprint density at radius 2 is 1.84 bits per heavy atom. The summed E-state index contributed by atoms with van der Waals surface area (Å²) < 4.78 is 3.23. The van der Waals surface area contributed by atoms with Crippen LogP contribution in [-0.2, 0) is 6.42 Å². The third-order valence-corrected chi connectivity index (χ3v) is 5.45. The number of Topliss-reactive ketones (excluding diaryl/α,β-unsaturated/α-hetero) is 1. The zero-order valence-corrected chi connectivity index (χ0v) is 16.1. The van der Waals surface area contributed by atoms with Crippen molar-refractivity contribution in [1.29, 1.82) is 0 Å². The second-order valence-electron chi connectivity index (χ2n) is 6.65. The summed E-state index contributed by atoms with van der Waals surface area (Å²) in [6.45, 7) is 2.13. The predicted molar refractivity (Wildman–Crippen MR) is 106 cm³/mol. The van der Waals surface area contributed by atoms with Crippen molar-refractivity contribution in [2.45, 2.75) is 19.8 Å². The van der Waals surface area contributed by atoms with Gasteiger partial charge in [-0.1, -0.05) is 52.7 Å². The minimum absolute atomic E-state index is 0.230. The number of carbonyl (C=O) groups excluding carboxylic acids is 1. The Morgan fingerprint density at radius 1 is 1.08 bits per heavy atom. The van der Waals surface area contributed by atoms with E-state index in [0.717, 1.165) is 39.1 Å². The molecule has 2 aromatic carbocycles. The Bertz CT molecular complexity index is 959. The van der Waals surface area contributed by atoms with Crippen molar-refractivity contribution in [3.63, 3.8) is 0 Å². The van der Waals surface area contributed by atoms with Crippen LogP contribution in [0.5, 0.6) is 0 Å². The van der Waals surface area contributed by atoms with Gasteiger partial charge in [-0.3, -0.25) is 4.79 Å². The molecule has 0 bridgehead atoms. The lowest BCUT2D eigenvalue weighted by molar-refractivity contribution is 0.0952. The maximum Gasteiger partial charge on any atom is 0.164 e. The normalized spacial score (nSPS) is 16.8. The van der Waals surface area contributed by atoms with Crippen molar-refractivity contribution in [3.8, 4) is 16.9 Å². The van der Waals surface area contributed by atoms with Gasteiger partial charge in [-0.15, -0.1) is 0 Å². The molecule has 3 aromatic rings. The Kier molecular flexibility index (Phi) is 4.30. The van der Waals surface area contributed by atoms with Crippen LogP contribution in [0.1, 0.15) is 29.4 Å². The van der Waals surface area contributed by atoms with Crippen LogP contribution in [0.3, 0.4) is 0 Å². The number of halogens is 2. The summed E-state index contributed by atoms with van der Waals surface area (Å²) in [5.74, 6) is 0.582. The molecular formula is C21H17BrClNO. The Hall–Kier alpha value is -1.84. The van der Waals surface area contributed by atoms with Gasteiger partial charge in [0.2, 0.25) is 0 Å². The summed E-state index contributed by atoms with van der Waals surface area (Å²) in [5.41, 5.74) is 5.04. The monoisotopic (exact) mass is 413 g/mol. The highest BCUT2D eigenvalue weighted by molar-refractivity contribution is 9.10. The summed E-state index contributed by atoms with van der Waals surface area (Å²) in [7, 11) is 0. The molecule has 126 valence electrons. The molecule has 1 atom stereocenters. The molecule has 2 nitrogen and oxygen atoms in total. The molecule has 4 rings (SSSR count). The smallest absolute Gasteiger partial charge is 0.164 e. The molecule has 0 aliphatic heterocycles. The number of ketones is 1. The summed E-state index contributed by atoms with van der Waals surface area (Å²) in [6, 6.07) is 18.0. The van der Waals surface area contributed by atoms with Crippen LogP contribution in [-0.4, -0.2) is 10.4 Å². The largest absolute Gasteiger partial charge is 0.313 e. The Balaban J connectivity index is 1.99. The van der Waals surface area contributed by atoms with Gasteiger partial charge in [0, 0.05) is 32.9 Å². The summed E-state index contributed by atoms with van der Waals surface area (Å²) in [6.07, 6.45) is 1.51. The summed E-state index contributed by atoms with van der Waals surface area (Å²) >= 11 is 9.72. The van der Waals surface area contributed by atoms with Gasteiger partial charge in [-0.05, 0) is 54.3 Å². The molecule has 1 aliphatic rings. The highest BCUT2D eigenvalue weighted by atomic mass is 79.9. The van der Waals surface area contributed by atoms with Crippen LogP contribution in [0.25, 0.3) is 16.9 Å². The van der Waals surface area contributed by atoms with Crippen LogP contribution in [0, 0.1) is 5.92 Å². The van der Waals surface area contributed by atoms with Crippen molar-refractivity contribution in [2.24, 2.45) is 5.92 Å². The first-order valence-electron chi connectivity index (χ1n) is 8.32. The number of nitrogens with zero attached hydrogens (tertiary/aromatic N) is 1. The Labute approximate surface area is 160 Å². The van der Waals surface area contributed by atoms with E-state index in [9.17, 15) is 4.79 Å². The van der Waals surface area contributed by atoms with Crippen molar-refractivity contribution in [2.75, 3.05) is 0 Å². The molecule has 0 saturated heterocycles. The second-order valence-corrected chi connectivity index (χ2v) is 8.00. The van der Waals surface area contributed by atoms with Gasteiger partial charge in [-0.2, -0.15) is 0 Å². The molecule has 4 heteroatoms. The number of rotatable bonds is 2. The molecule has 1 aromatic heterocycles. The number of aromatic nitrogens is 1. The maximum atomic E-state index is 12.6. The van der Waals surface area contributed by atoms with E-state index in [1.807, 2.05) is 42.5 Å². The predicted octanol–water partition coefficient (Wildman–Crippen LogP) is 6.33. The molecule has 0 N–H and O–H groups in total. The van der Waals surface area contributed by atoms with Gasteiger partial charge >= 0.3 is 0 Å². The fraction of sp³-hybridized carbons (Fsp3) is 0.190. The summed E-state index contributed by atoms with van der Waals surface area (Å²) in [4.78, 5) is 12.6.